The lowest BCUT2D eigenvalue weighted by atomic mass is 9.87. The van der Waals surface area contributed by atoms with Gasteiger partial charge in [0.15, 0.2) is 5.78 Å². The maximum absolute atomic E-state index is 11.7. The third-order valence-corrected chi connectivity index (χ3v) is 4.98. The van der Waals surface area contributed by atoms with E-state index in [0.29, 0.717) is 6.04 Å². The van der Waals surface area contributed by atoms with E-state index in [0.717, 1.165) is 23.4 Å². The van der Waals surface area contributed by atoms with Crippen molar-refractivity contribution in [2.75, 3.05) is 14.2 Å². The molecule has 3 heteroatoms. The number of nitrogens with zero attached hydrogens (tertiary/aromatic N) is 1. The Balaban J connectivity index is 1.86. The molecule has 0 aromatic heterocycles. The standard InChI is InChI=1S/C21H25NO2/c1-15(23)17-11-12-21(24-3)18(13-17)14-22(2)20-10-6-8-16-7-4-5-9-19(16)20/h4-5,7,9,11-13,20H,6,8,10,14H2,1-3H3. The Morgan fingerprint density at radius 3 is 2.79 bits per heavy atom. The Hall–Kier alpha value is -2.13. The van der Waals surface area contributed by atoms with Gasteiger partial charge >= 0.3 is 0 Å². The minimum atomic E-state index is 0.0876. The molecule has 0 bridgehead atoms. The van der Waals surface area contributed by atoms with Crippen LogP contribution in [0.15, 0.2) is 42.5 Å². The molecule has 1 atom stereocenters. The van der Waals surface area contributed by atoms with Crippen LogP contribution in [0.1, 0.15) is 52.9 Å². The van der Waals surface area contributed by atoms with Crippen molar-refractivity contribution >= 4 is 5.78 Å². The molecule has 0 fully saturated rings. The van der Waals surface area contributed by atoms with Gasteiger partial charge in [-0.2, -0.15) is 0 Å². The molecular weight excluding hydrogens is 298 g/mol. The zero-order valence-electron chi connectivity index (χ0n) is 14.7. The van der Waals surface area contributed by atoms with Crippen LogP contribution in [-0.4, -0.2) is 24.8 Å². The highest BCUT2D eigenvalue weighted by Crippen LogP contribution is 2.35. The molecule has 2 aromatic rings. The number of hydrogen-bond acceptors (Lipinski definition) is 3. The van der Waals surface area contributed by atoms with Gasteiger partial charge in [-0.05, 0) is 62.6 Å². The fraction of sp³-hybridized carbons (Fsp3) is 0.381. The Bertz CT molecular complexity index is 738. The van der Waals surface area contributed by atoms with Crippen LogP contribution >= 0.6 is 0 Å². The third kappa shape index (κ3) is 3.36. The molecule has 0 heterocycles. The number of rotatable bonds is 5. The molecule has 0 N–H and O–H groups in total. The number of hydrogen-bond donors (Lipinski definition) is 0. The molecule has 2 aromatic carbocycles. The number of carbonyl (C=O) groups excluding carboxylic acids is 1. The van der Waals surface area contributed by atoms with Gasteiger partial charge in [0.2, 0.25) is 0 Å². The summed E-state index contributed by atoms with van der Waals surface area (Å²) in [5, 5.41) is 0. The molecule has 0 saturated heterocycles. The largest absolute Gasteiger partial charge is 0.496 e. The topological polar surface area (TPSA) is 29.5 Å². The maximum Gasteiger partial charge on any atom is 0.159 e. The summed E-state index contributed by atoms with van der Waals surface area (Å²) in [6.07, 6.45) is 3.56. The maximum atomic E-state index is 11.7. The Kier molecular flexibility index (Phi) is 5.00. The van der Waals surface area contributed by atoms with Crippen LogP contribution in [0, 0.1) is 0 Å². The predicted molar refractivity (Wildman–Crippen MR) is 96.6 cm³/mol. The predicted octanol–water partition coefficient (Wildman–Crippen LogP) is 4.41. The van der Waals surface area contributed by atoms with E-state index in [1.807, 2.05) is 18.2 Å². The molecule has 24 heavy (non-hydrogen) atoms. The number of carbonyl (C=O) groups is 1. The van der Waals surface area contributed by atoms with Gasteiger partial charge in [-0.25, -0.2) is 0 Å². The van der Waals surface area contributed by atoms with E-state index in [2.05, 4.69) is 36.2 Å². The second-order valence-corrected chi connectivity index (χ2v) is 6.60. The number of methoxy groups -OCH3 is 1. The van der Waals surface area contributed by atoms with Crippen molar-refractivity contribution in [3.05, 3.63) is 64.7 Å². The lowest BCUT2D eigenvalue weighted by Crippen LogP contribution is -2.27. The molecule has 3 rings (SSSR count). The summed E-state index contributed by atoms with van der Waals surface area (Å²) >= 11 is 0. The minimum Gasteiger partial charge on any atom is -0.496 e. The first-order chi connectivity index (χ1) is 11.6. The van der Waals surface area contributed by atoms with Gasteiger partial charge in [0.25, 0.3) is 0 Å². The van der Waals surface area contributed by atoms with Crippen molar-refractivity contribution in [1.29, 1.82) is 0 Å². The van der Waals surface area contributed by atoms with Crippen LogP contribution in [0.4, 0.5) is 0 Å². The number of benzene rings is 2. The van der Waals surface area contributed by atoms with Crippen LogP contribution < -0.4 is 4.74 Å². The molecular formula is C21H25NO2. The van der Waals surface area contributed by atoms with Gasteiger partial charge in [0, 0.05) is 23.7 Å². The summed E-state index contributed by atoms with van der Waals surface area (Å²) in [4.78, 5) is 14.1. The van der Waals surface area contributed by atoms with Crippen molar-refractivity contribution in [2.45, 2.75) is 38.8 Å². The summed E-state index contributed by atoms with van der Waals surface area (Å²) in [5.74, 6) is 0.931. The minimum absolute atomic E-state index is 0.0876. The highest BCUT2D eigenvalue weighted by atomic mass is 16.5. The number of Topliss-reactive ketones (excluding diaryl/α,β-unsaturated/α-hetero) is 1. The van der Waals surface area contributed by atoms with Gasteiger partial charge in [-0.1, -0.05) is 24.3 Å². The summed E-state index contributed by atoms with van der Waals surface area (Å²) in [5.41, 5.74) is 4.71. The molecule has 1 unspecified atom stereocenters. The molecule has 0 saturated carbocycles. The smallest absolute Gasteiger partial charge is 0.159 e. The quantitative estimate of drug-likeness (QED) is 0.764. The Morgan fingerprint density at radius 2 is 2.04 bits per heavy atom. The first kappa shape index (κ1) is 16.7. The van der Waals surface area contributed by atoms with E-state index < -0.39 is 0 Å². The van der Waals surface area contributed by atoms with Crippen molar-refractivity contribution in [2.24, 2.45) is 0 Å². The van der Waals surface area contributed by atoms with E-state index in [4.69, 9.17) is 4.74 Å². The van der Waals surface area contributed by atoms with Crippen LogP contribution in [0.25, 0.3) is 0 Å². The number of fused-ring (bicyclic) bond motifs is 1. The molecule has 0 spiro atoms. The van der Waals surface area contributed by atoms with Crippen LogP contribution in [0.2, 0.25) is 0 Å². The SMILES string of the molecule is COc1ccc(C(C)=O)cc1CN(C)C1CCCc2ccccc21. The van der Waals surface area contributed by atoms with E-state index in [1.165, 1.54) is 30.4 Å². The van der Waals surface area contributed by atoms with E-state index in [-0.39, 0.29) is 5.78 Å². The Labute approximate surface area is 144 Å². The molecule has 1 aliphatic rings. The number of aryl methyl sites for hydroxylation is 1. The summed E-state index contributed by atoms with van der Waals surface area (Å²) in [6, 6.07) is 14.9. The molecule has 0 radical (unpaired) electrons. The summed E-state index contributed by atoms with van der Waals surface area (Å²) in [7, 11) is 3.84. The van der Waals surface area contributed by atoms with E-state index in [1.54, 1.807) is 14.0 Å². The molecule has 0 amide bonds. The number of ketones is 1. The van der Waals surface area contributed by atoms with E-state index in [9.17, 15) is 4.79 Å². The first-order valence-corrected chi connectivity index (χ1v) is 8.56. The average molecular weight is 323 g/mol. The lowest BCUT2D eigenvalue weighted by molar-refractivity contribution is 0.101. The molecule has 0 aliphatic heterocycles. The van der Waals surface area contributed by atoms with Crippen molar-refractivity contribution in [3.8, 4) is 5.75 Å². The molecule has 3 nitrogen and oxygen atoms in total. The van der Waals surface area contributed by atoms with Crippen molar-refractivity contribution in [3.63, 3.8) is 0 Å². The highest BCUT2D eigenvalue weighted by molar-refractivity contribution is 5.94. The average Bonchev–Trinajstić information content (AvgIpc) is 2.61. The zero-order valence-corrected chi connectivity index (χ0v) is 14.7. The van der Waals surface area contributed by atoms with Crippen molar-refractivity contribution < 1.29 is 9.53 Å². The van der Waals surface area contributed by atoms with Gasteiger partial charge < -0.3 is 4.74 Å². The fourth-order valence-corrected chi connectivity index (χ4v) is 3.69. The first-order valence-electron chi connectivity index (χ1n) is 8.56. The van der Waals surface area contributed by atoms with Gasteiger partial charge in [-0.15, -0.1) is 0 Å². The van der Waals surface area contributed by atoms with Crippen LogP contribution in [0.3, 0.4) is 0 Å². The van der Waals surface area contributed by atoms with Crippen LogP contribution in [-0.2, 0) is 13.0 Å². The van der Waals surface area contributed by atoms with E-state index >= 15 is 0 Å². The number of ether oxygens (including phenoxy) is 1. The second-order valence-electron chi connectivity index (χ2n) is 6.60. The normalized spacial score (nSPS) is 16.8. The monoisotopic (exact) mass is 323 g/mol. The second kappa shape index (κ2) is 7.18. The van der Waals surface area contributed by atoms with Crippen LogP contribution in [0.5, 0.6) is 5.75 Å². The Morgan fingerprint density at radius 1 is 1.25 bits per heavy atom. The summed E-state index contributed by atoms with van der Waals surface area (Å²) in [6.45, 7) is 2.37. The lowest BCUT2D eigenvalue weighted by Gasteiger charge is -2.33. The van der Waals surface area contributed by atoms with Gasteiger partial charge in [0.05, 0.1) is 7.11 Å². The van der Waals surface area contributed by atoms with Gasteiger partial charge in [-0.3, -0.25) is 9.69 Å². The zero-order chi connectivity index (χ0) is 17.1. The van der Waals surface area contributed by atoms with Gasteiger partial charge in [0.1, 0.15) is 5.75 Å². The third-order valence-electron chi connectivity index (χ3n) is 4.98. The fourth-order valence-electron chi connectivity index (χ4n) is 3.69. The molecule has 126 valence electrons. The van der Waals surface area contributed by atoms with Crippen molar-refractivity contribution in [1.82, 2.24) is 4.90 Å². The molecule has 1 aliphatic carbocycles. The highest BCUT2D eigenvalue weighted by Gasteiger charge is 2.24. The summed E-state index contributed by atoms with van der Waals surface area (Å²) < 4.78 is 5.50.